The lowest BCUT2D eigenvalue weighted by Gasteiger charge is -2.13. The third-order valence-electron chi connectivity index (χ3n) is 2.94. The summed E-state index contributed by atoms with van der Waals surface area (Å²) in [5, 5.41) is 2.85. The van der Waals surface area contributed by atoms with Gasteiger partial charge in [0, 0.05) is 15.8 Å². The van der Waals surface area contributed by atoms with Crippen molar-refractivity contribution in [2.45, 2.75) is 6.92 Å². The summed E-state index contributed by atoms with van der Waals surface area (Å²) < 4.78 is 6.15. The van der Waals surface area contributed by atoms with Gasteiger partial charge < -0.3 is 15.8 Å². The van der Waals surface area contributed by atoms with Crippen molar-refractivity contribution in [1.29, 1.82) is 0 Å². The smallest absolute Gasteiger partial charge is 0.261 e. The van der Waals surface area contributed by atoms with Crippen LogP contribution < -0.4 is 15.8 Å². The van der Waals surface area contributed by atoms with E-state index in [4.69, 9.17) is 10.5 Å². The van der Waals surface area contributed by atoms with E-state index >= 15 is 0 Å². The molecule has 0 unspecified atom stereocenters. The molecule has 4 nitrogen and oxygen atoms in total. The number of carbonyl (C=O) groups excluding carboxylic acids is 1. The fourth-order valence-electron chi connectivity index (χ4n) is 1.91. The van der Waals surface area contributed by atoms with Gasteiger partial charge in [-0.3, -0.25) is 4.79 Å². The zero-order valence-electron chi connectivity index (χ0n) is 11.2. The van der Waals surface area contributed by atoms with Gasteiger partial charge in [-0.2, -0.15) is 0 Å². The van der Waals surface area contributed by atoms with Gasteiger partial charge in [0.1, 0.15) is 11.3 Å². The SMILES string of the molecule is COc1cccc(N)c1C(=O)Nc1ccc(Br)cc1C. The number of rotatable bonds is 3. The average Bonchev–Trinajstić information content (AvgIpc) is 2.41. The van der Waals surface area contributed by atoms with Crippen molar-refractivity contribution < 1.29 is 9.53 Å². The van der Waals surface area contributed by atoms with Crippen molar-refractivity contribution in [2.24, 2.45) is 0 Å². The fourth-order valence-corrected chi connectivity index (χ4v) is 2.39. The number of nitrogen functional groups attached to an aromatic ring is 1. The summed E-state index contributed by atoms with van der Waals surface area (Å²) >= 11 is 3.39. The number of halogens is 1. The molecule has 0 atom stereocenters. The molecule has 3 N–H and O–H groups in total. The van der Waals surface area contributed by atoms with E-state index in [1.807, 2.05) is 25.1 Å². The number of nitrogens with one attached hydrogen (secondary N) is 1. The topological polar surface area (TPSA) is 64.3 Å². The quantitative estimate of drug-likeness (QED) is 0.843. The number of ether oxygens (including phenoxy) is 1. The molecule has 2 aromatic carbocycles. The van der Waals surface area contributed by atoms with Gasteiger partial charge in [-0.15, -0.1) is 0 Å². The van der Waals surface area contributed by atoms with Crippen LogP contribution in [0.3, 0.4) is 0 Å². The Labute approximate surface area is 126 Å². The monoisotopic (exact) mass is 334 g/mol. The van der Waals surface area contributed by atoms with Gasteiger partial charge in [-0.1, -0.05) is 22.0 Å². The Kier molecular flexibility index (Phi) is 4.29. The molecule has 0 radical (unpaired) electrons. The van der Waals surface area contributed by atoms with Crippen LogP contribution in [0.2, 0.25) is 0 Å². The molecular formula is C15H15BrN2O2. The van der Waals surface area contributed by atoms with Gasteiger partial charge in [0.25, 0.3) is 5.91 Å². The number of benzene rings is 2. The Morgan fingerprint density at radius 3 is 2.70 bits per heavy atom. The highest BCUT2D eigenvalue weighted by Gasteiger charge is 2.16. The Morgan fingerprint density at radius 2 is 2.05 bits per heavy atom. The van der Waals surface area contributed by atoms with Gasteiger partial charge in [0.15, 0.2) is 0 Å². The van der Waals surface area contributed by atoms with E-state index < -0.39 is 0 Å². The van der Waals surface area contributed by atoms with E-state index in [1.165, 1.54) is 7.11 Å². The molecule has 0 saturated heterocycles. The predicted octanol–water partition coefficient (Wildman–Crippen LogP) is 3.60. The van der Waals surface area contributed by atoms with E-state index in [9.17, 15) is 4.79 Å². The van der Waals surface area contributed by atoms with Crippen LogP contribution in [0.4, 0.5) is 11.4 Å². The van der Waals surface area contributed by atoms with E-state index in [1.54, 1.807) is 18.2 Å². The number of aryl methyl sites for hydroxylation is 1. The lowest BCUT2D eigenvalue weighted by Crippen LogP contribution is -2.16. The minimum Gasteiger partial charge on any atom is -0.496 e. The molecule has 0 bridgehead atoms. The molecule has 0 aliphatic heterocycles. The summed E-state index contributed by atoms with van der Waals surface area (Å²) in [5.74, 6) is 0.169. The minimum atomic E-state index is -0.287. The lowest BCUT2D eigenvalue weighted by atomic mass is 10.1. The van der Waals surface area contributed by atoms with Crippen molar-refractivity contribution >= 4 is 33.2 Å². The zero-order chi connectivity index (χ0) is 14.7. The maximum Gasteiger partial charge on any atom is 0.261 e. The number of amides is 1. The molecule has 1 amide bonds. The highest BCUT2D eigenvalue weighted by atomic mass is 79.9. The van der Waals surface area contributed by atoms with Crippen LogP contribution in [0, 0.1) is 6.92 Å². The lowest BCUT2D eigenvalue weighted by molar-refractivity contribution is 0.102. The zero-order valence-corrected chi connectivity index (χ0v) is 12.8. The first-order valence-corrected chi connectivity index (χ1v) is 6.82. The Morgan fingerprint density at radius 1 is 1.30 bits per heavy atom. The number of nitrogens with two attached hydrogens (primary N) is 1. The van der Waals surface area contributed by atoms with Gasteiger partial charge in [-0.05, 0) is 42.8 Å². The molecule has 20 heavy (non-hydrogen) atoms. The van der Waals surface area contributed by atoms with Crippen LogP contribution in [0.5, 0.6) is 5.75 Å². The normalized spacial score (nSPS) is 10.2. The Bertz CT molecular complexity index is 656. The van der Waals surface area contributed by atoms with Crippen molar-refractivity contribution in [3.63, 3.8) is 0 Å². The highest BCUT2D eigenvalue weighted by molar-refractivity contribution is 9.10. The van der Waals surface area contributed by atoms with Crippen molar-refractivity contribution in [1.82, 2.24) is 0 Å². The Hall–Kier alpha value is -2.01. The summed E-state index contributed by atoms with van der Waals surface area (Å²) in [6.07, 6.45) is 0. The molecule has 5 heteroatoms. The van der Waals surface area contributed by atoms with Gasteiger partial charge >= 0.3 is 0 Å². The Balaban J connectivity index is 2.33. The van der Waals surface area contributed by atoms with Gasteiger partial charge in [0.05, 0.1) is 7.11 Å². The standard InChI is InChI=1S/C15H15BrN2O2/c1-9-8-10(16)6-7-12(9)18-15(19)14-11(17)4-3-5-13(14)20-2/h3-8H,17H2,1-2H3,(H,18,19). The maximum absolute atomic E-state index is 12.4. The van der Waals surface area contributed by atoms with Crippen LogP contribution in [0.15, 0.2) is 40.9 Å². The molecule has 0 fully saturated rings. The third-order valence-corrected chi connectivity index (χ3v) is 3.44. The first-order chi connectivity index (χ1) is 9.52. The summed E-state index contributed by atoms with van der Waals surface area (Å²) in [7, 11) is 1.51. The maximum atomic E-state index is 12.4. The van der Waals surface area contributed by atoms with Crippen molar-refractivity contribution in [3.8, 4) is 5.75 Å². The number of hydrogen-bond donors (Lipinski definition) is 2. The molecule has 2 rings (SSSR count). The van der Waals surface area contributed by atoms with Crippen molar-refractivity contribution in [3.05, 3.63) is 52.0 Å². The summed E-state index contributed by atoms with van der Waals surface area (Å²) in [6, 6.07) is 10.8. The van der Waals surface area contributed by atoms with E-state index in [2.05, 4.69) is 21.2 Å². The third kappa shape index (κ3) is 2.93. The second-order valence-corrected chi connectivity index (χ2v) is 5.25. The molecule has 0 spiro atoms. The van der Waals surface area contributed by atoms with Crippen LogP contribution in [-0.4, -0.2) is 13.0 Å². The molecular weight excluding hydrogens is 320 g/mol. The van der Waals surface area contributed by atoms with Crippen LogP contribution in [-0.2, 0) is 0 Å². The van der Waals surface area contributed by atoms with E-state index in [-0.39, 0.29) is 5.91 Å². The largest absolute Gasteiger partial charge is 0.496 e. The first kappa shape index (κ1) is 14.4. The molecule has 0 aliphatic rings. The van der Waals surface area contributed by atoms with Gasteiger partial charge in [-0.25, -0.2) is 0 Å². The minimum absolute atomic E-state index is 0.287. The number of carbonyl (C=O) groups is 1. The molecule has 0 aliphatic carbocycles. The second-order valence-electron chi connectivity index (χ2n) is 4.34. The molecule has 104 valence electrons. The van der Waals surface area contributed by atoms with E-state index in [0.717, 1.165) is 15.7 Å². The van der Waals surface area contributed by atoms with Crippen LogP contribution in [0.1, 0.15) is 15.9 Å². The first-order valence-electron chi connectivity index (χ1n) is 6.03. The number of anilines is 2. The predicted molar refractivity (Wildman–Crippen MR) is 84.2 cm³/mol. The molecule has 0 saturated carbocycles. The van der Waals surface area contributed by atoms with Gasteiger partial charge in [0.2, 0.25) is 0 Å². The summed E-state index contributed by atoms with van der Waals surface area (Å²) in [4.78, 5) is 12.4. The summed E-state index contributed by atoms with van der Waals surface area (Å²) in [6.45, 7) is 1.92. The highest BCUT2D eigenvalue weighted by Crippen LogP contribution is 2.26. The van der Waals surface area contributed by atoms with Crippen LogP contribution >= 0.6 is 15.9 Å². The summed E-state index contributed by atoms with van der Waals surface area (Å²) in [5.41, 5.74) is 8.29. The van der Waals surface area contributed by atoms with E-state index in [0.29, 0.717) is 17.0 Å². The second kappa shape index (κ2) is 5.96. The van der Waals surface area contributed by atoms with Crippen LogP contribution in [0.25, 0.3) is 0 Å². The average molecular weight is 335 g/mol. The molecule has 0 aromatic heterocycles. The molecule has 2 aromatic rings. The van der Waals surface area contributed by atoms with Crippen molar-refractivity contribution in [2.75, 3.05) is 18.2 Å². The molecule has 0 heterocycles. The fraction of sp³-hybridized carbons (Fsp3) is 0.133. The number of methoxy groups -OCH3 is 1. The number of hydrogen-bond acceptors (Lipinski definition) is 3.